The van der Waals surface area contributed by atoms with Crippen molar-refractivity contribution in [1.29, 1.82) is 0 Å². The summed E-state index contributed by atoms with van der Waals surface area (Å²) in [5, 5.41) is 4.07. The van der Waals surface area contributed by atoms with Gasteiger partial charge < -0.3 is 23.7 Å². The van der Waals surface area contributed by atoms with Gasteiger partial charge in [0.15, 0.2) is 11.5 Å². The summed E-state index contributed by atoms with van der Waals surface area (Å²) in [6, 6.07) is 9.02. The number of aromatic amines is 1. The number of hydrogen-bond donors (Lipinski definition) is 1. The van der Waals surface area contributed by atoms with Gasteiger partial charge in [-0.25, -0.2) is 4.79 Å². The molecule has 2 aromatic heterocycles. The Bertz CT molecular complexity index is 1210. The van der Waals surface area contributed by atoms with Crippen molar-refractivity contribution in [3.63, 3.8) is 0 Å². The monoisotopic (exact) mass is 396 g/mol. The molecule has 0 aliphatic heterocycles. The lowest BCUT2D eigenvalue weighted by molar-refractivity contribution is 0.324. The Labute approximate surface area is 165 Å². The molecule has 0 saturated carbocycles. The molecular formula is C20H20N4O5. The zero-order valence-corrected chi connectivity index (χ0v) is 16.5. The van der Waals surface area contributed by atoms with Crippen LogP contribution in [0.3, 0.4) is 0 Å². The Hall–Kier alpha value is -3.75. The summed E-state index contributed by atoms with van der Waals surface area (Å²) in [5.41, 5.74) is 2.75. The molecule has 0 fully saturated rings. The molecule has 0 aliphatic rings. The molecule has 0 aliphatic carbocycles. The van der Waals surface area contributed by atoms with Crippen LogP contribution in [0.2, 0.25) is 0 Å². The molecule has 1 N–H and O–H groups in total. The fourth-order valence-electron chi connectivity index (χ4n) is 3.28. The van der Waals surface area contributed by atoms with Crippen LogP contribution in [-0.4, -0.2) is 41.0 Å². The summed E-state index contributed by atoms with van der Waals surface area (Å²) in [6.45, 7) is 2.51. The lowest BCUT2D eigenvalue weighted by atomic mass is 10.1. The predicted molar refractivity (Wildman–Crippen MR) is 107 cm³/mol. The summed E-state index contributed by atoms with van der Waals surface area (Å²) < 4.78 is 23.2. The largest absolute Gasteiger partial charge is 0.493 e. The number of fused-ring (bicyclic) bond motifs is 1. The van der Waals surface area contributed by atoms with E-state index in [0.29, 0.717) is 46.6 Å². The molecule has 0 atom stereocenters. The molecule has 9 heteroatoms. The third-order valence-corrected chi connectivity index (χ3v) is 4.69. The Morgan fingerprint density at radius 1 is 1.03 bits per heavy atom. The number of ether oxygens (including phenoxy) is 3. The van der Waals surface area contributed by atoms with E-state index < -0.39 is 0 Å². The standard InChI is InChI=1S/C20H20N4O5/c1-5-24-14-7-6-11(8-13(14)21-20(24)25)18-22-19(29-23-18)12-9-15(26-2)17(28-4)16(10-12)27-3/h6-10H,5H2,1-4H3,(H,21,25). The van der Waals surface area contributed by atoms with Crippen molar-refractivity contribution in [2.24, 2.45) is 0 Å². The maximum atomic E-state index is 12.0. The first-order valence-corrected chi connectivity index (χ1v) is 8.96. The SMILES string of the molecule is CCn1c(=O)[nH]c2cc(-c3noc(-c4cc(OC)c(OC)c(OC)c4)n3)ccc21. The van der Waals surface area contributed by atoms with E-state index in [1.165, 1.54) is 7.11 Å². The van der Waals surface area contributed by atoms with E-state index in [2.05, 4.69) is 15.1 Å². The molecule has 150 valence electrons. The van der Waals surface area contributed by atoms with Gasteiger partial charge in [0.05, 0.1) is 32.4 Å². The van der Waals surface area contributed by atoms with Crippen LogP contribution < -0.4 is 19.9 Å². The highest BCUT2D eigenvalue weighted by Crippen LogP contribution is 2.41. The van der Waals surface area contributed by atoms with Crippen molar-refractivity contribution in [3.8, 4) is 40.1 Å². The first kappa shape index (κ1) is 18.6. The maximum Gasteiger partial charge on any atom is 0.326 e. The minimum Gasteiger partial charge on any atom is -0.493 e. The van der Waals surface area contributed by atoms with Crippen molar-refractivity contribution < 1.29 is 18.7 Å². The van der Waals surface area contributed by atoms with Gasteiger partial charge in [-0.3, -0.25) is 4.57 Å². The van der Waals surface area contributed by atoms with Gasteiger partial charge in [-0.2, -0.15) is 4.98 Å². The van der Waals surface area contributed by atoms with E-state index in [9.17, 15) is 4.79 Å². The summed E-state index contributed by atoms with van der Waals surface area (Å²) in [5.74, 6) is 2.16. The molecule has 4 rings (SSSR count). The second kappa shape index (κ2) is 7.34. The molecule has 2 heterocycles. The Morgan fingerprint density at radius 2 is 1.76 bits per heavy atom. The van der Waals surface area contributed by atoms with Crippen LogP contribution >= 0.6 is 0 Å². The van der Waals surface area contributed by atoms with Crippen LogP contribution in [0.15, 0.2) is 39.6 Å². The zero-order chi connectivity index (χ0) is 20.5. The van der Waals surface area contributed by atoms with Crippen LogP contribution in [0, 0.1) is 0 Å². The molecule has 9 nitrogen and oxygen atoms in total. The normalized spacial score (nSPS) is 11.0. The number of nitrogens with zero attached hydrogens (tertiary/aromatic N) is 3. The lowest BCUT2D eigenvalue weighted by Crippen LogP contribution is -2.14. The molecule has 0 radical (unpaired) electrons. The summed E-state index contributed by atoms with van der Waals surface area (Å²) in [4.78, 5) is 19.3. The lowest BCUT2D eigenvalue weighted by Gasteiger charge is -2.12. The first-order chi connectivity index (χ1) is 14.1. The fraction of sp³-hybridized carbons (Fsp3) is 0.250. The van der Waals surface area contributed by atoms with Crippen molar-refractivity contribution in [3.05, 3.63) is 40.8 Å². The number of aryl methyl sites for hydroxylation is 1. The van der Waals surface area contributed by atoms with Gasteiger partial charge in [-0.1, -0.05) is 5.16 Å². The average Bonchev–Trinajstić information content (AvgIpc) is 3.35. The highest BCUT2D eigenvalue weighted by atomic mass is 16.5. The van der Waals surface area contributed by atoms with Crippen molar-refractivity contribution in [2.75, 3.05) is 21.3 Å². The quantitative estimate of drug-likeness (QED) is 0.534. The van der Waals surface area contributed by atoms with E-state index in [0.717, 1.165) is 11.1 Å². The summed E-state index contributed by atoms with van der Waals surface area (Å²) in [7, 11) is 4.62. The van der Waals surface area contributed by atoms with Crippen LogP contribution in [0.25, 0.3) is 33.9 Å². The van der Waals surface area contributed by atoms with Gasteiger partial charge in [-0.05, 0) is 37.3 Å². The topological polar surface area (TPSA) is 104 Å². The van der Waals surface area contributed by atoms with Gasteiger partial charge >= 0.3 is 5.69 Å². The first-order valence-electron chi connectivity index (χ1n) is 8.96. The molecule has 0 unspecified atom stereocenters. The minimum absolute atomic E-state index is 0.147. The fourth-order valence-corrected chi connectivity index (χ4v) is 3.28. The van der Waals surface area contributed by atoms with Crippen molar-refractivity contribution >= 4 is 11.0 Å². The number of methoxy groups -OCH3 is 3. The molecule has 0 bridgehead atoms. The van der Waals surface area contributed by atoms with Gasteiger partial charge in [0.1, 0.15) is 0 Å². The Kier molecular flexibility index (Phi) is 4.71. The van der Waals surface area contributed by atoms with Gasteiger partial charge in [0, 0.05) is 17.7 Å². The minimum atomic E-state index is -0.147. The van der Waals surface area contributed by atoms with Gasteiger partial charge in [0.25, 0.3) is 5.89 Å². The van der Waals surface area contributed by atoms with Crippen LogP contribution in [0.5, 0.6) is 17.2 Å². The van der Waals surface area contributed by atoms with E-state index in [4.69, 9.17) is 18.7 Å². The van der Waals surface area contributed by atoms with E-state index >= 15 is 0 Å². The Balaban J connectivity index is 1.75. The number of aromatic nitrogens is 4. The summed E-state index contributed by atoms with van der Waals surface area (Å²) in [6.07, 6.45) is 0. The summed E-state index contributed by atoms with van der Waals surface area (Å²) >= 11 is 0. The van der Waals surface area contributed by atoms with Crippen LogP contribution in [-0.2, 0) is 6.54 Å². The number of imidazole rings is 1. The number of hydrogen-bond acceptors (Lipinski definition) is 7. The molecular weight excluding hydrogens is 376 g/mol. The highest BCUT2D eigenvalue weighted by Gasteiger charge is 2.18. The highest BCUT2D eigenvalue weighted by molar-refractivity contribution is 5.81. The van der Waals surface area contributed by atoms with Crippen molar-refractivity contribution in [2.45, 2.75) is 13.5 Å². The van der Waals surface area contributed by atoms with Crippen LogP contribution in [0.1, 0.15) is 6.92 Å². The molecule has 0 spiro atoms. The number of H-pyrrole nitrogens is 1. The van der Waals surface area contributed by atoms with E-state index in [-0.39, 0.29) is 5.69 Å². The smallest absolute Gasteiger partial charge is 0.326 e. The molecule has 29 heavy (non-hydrogen) atoms. The third-order valence-electron chi connectivity index (χ3n) is 4.69. The van der Waals surface area contributed by atoms with Crippen LogP contribution in [0.4, 0.5) is 0 Å². The van der Waals surface area contributed by atoms with Gasteiger partial charge in [0.2, 0.25) is 11.6 Å². The Morgan fingerprint density at radius 3 is 2.38 bits per heavy atom. The second-order valence-corrected chi connectivity index (χ2v) is 6.24. The van der Waals surface area contributed by atoms with E-state index in [1.807, 2.05) is 25.1 Å². The van der Waals surface area contributed by atoms with Gasteiger partial charge in [-0.15, -0.1) is 0 Å². The third kappa shape index (κ3) is 3.10. The number of nitrogens with one attached hydrogen (secondary N) is 1. The maximum absolute atomic E-state index is 12.0. The molecule has 0 amide bonds. The number of rotatable bonds is 6. The predicted octanol–water partition coefficient (Wildman–Crippen LogP) is 3.09. The molecule has 2 aromatic carbocycles. The second-order valence-electron chi connectivity index (χ2n) is 6.24. The molecule has 0 saturated heterocycles. The van der Waals surface area contributed by atoms with E-state index in [1.54, 1.807) is 30.9 Å². The number of benzene rings is 2. The molecule has 4 aromatic rings. The zero-order valence-electron chi connectivity index (χ0n) is 16.5. The van der Waals surface area contributed by atoms with Crippen molar-refractivity contribution in [1.82, 2.24) is 19.7 Å². The average molecular weight is 396 g/mol.